The second-order valence-electron chi connectivity index (χ2n) is 3.14. The molecule has 0 aliphatic carbocycles. The van der Waals surface area contributed by atoms with E-state index in [1.807, 2.05) is 0 Å². The van der Waals surface area contributed by atoms with E-state index in [0.717, 1.165) is 12.1 Å². The maximum absolute atomic E-state index is 13.0. The minimum atomic E-state index is -2.57. The van der Waals surface area contributed by atoms with Crippen molar-refractivity contribution in [1.29, 1.82) is 0 Å². The van der Waals surface area contributed by atoms with Crippen LogP contribution in [0.25, 0.3) is 0 Å². The predicted molar refractivity (Wildman–Crippen MR) is 51.9 cm³/mol. The molecule has 0 radical (unpaired) electrons. The molecule has 0 amide bonds. The number of rotatable bonds is 5. The zero-order valence-corrected chi connectivity index (χ0v) is 8.24. The molecule has 0 saturated carbocycles. The molecule has 0 fully saturated rings. The molecule has 0 spiro atoms. The molecule has 7 heteroatoms. The molecule has 16 heavy (non-hydrogen) atoms. The van der Waals surface area contributed by atoms with Crippen LogP contribution in [0, 0.1) is 5.82 Å². The van der Waals surface area contributed by atoms with Crippen LogP contribution in [0.5, 0.6) is 0 Å². The maximum Gasteiger partial charge on any atom is 0.491 e. The van der Waals surface area contributed by atoms with Crippen LogP contribution in [0.4, 0.5) is 13.2 Å². The molecule has 1 aromatic carbocycles. The largest absolute Gasteiger partial charge is 0.491 e. The maximum atomic E-state index is 13.0. The van der Waals surface area contributed by atoms with Gasteiger partial charge in [-0.05, 0) is 11.6 Å². The highest BCUT2D eigenvalue weighted by Crippen LogP contribution is 2.04. The van der Waals surface area contributed by atoms with Gasteiger partial charge < -0.3 is 14.8 Å². The van der Waals surface area contributed by atoms with Gasteiger partial charge in [-0.2, -0.15) is 0 Å². The van der Waals surface area contributed by atoms with Crippen LogP contribution in [0.2, 0.25) is 0 Å². The second-order valence-corrected chi connectivity index (χ2v) is 3.14. The highest BCUT2D eigenvalue weighted by molar-refractivity contribution is 6.58. The quantitative estimate of drug-likeness (QED) is 0.719. The summed E-state index contributed by atoms with van der Waals surface area (Å²) in [4.78, 5) is 0. The van der Waals surface area contributed by atoms with E-state index in [4.69, 9.17) is 10.0 Å². The Morgan fingerprint density at radius 2 is 2.00 bits per heavy atom. The fraction of sp³-hybridized carbons (Fsp3) is 0.333. The molecule has 2 N–H and O–H groups in total. The van der Waals surface area contributed by atoms with Crippen LogP contribution in [-0.4, -0.2) is 30.2 Å². The van der Waals surface area contributed by atoms with E-state index in [0.29, 0.717) is 5.56 Å². The summed E-state index contributed by atoms with van der Waals surface area (Å²) < 4.78 is 41.1. The Morgan fingerprint density at radius 3 is 2.56 bits per heavy atom. The summed E-state index contributed by atoms with van der Waals surface area (Å²) in [5.41, 5.74) is 0.0864. The van der Waals surface area contributed by atoms with Gasteiger partial charge in [0.05, 0.1) is 6.61 Å². The minimum absolute atomic E-state index is 0.135. The smallest absolute Gasteiger partial charge is 0.423 e. The average molecular weight is 234 g/mol. The van der Waals surface area contributed by atoms with Gasteiger partial charge in [0.2, 0.25) is 0 Å². The van der Waals surface area contributed by atoms with Gasteiger partial charge in [-0.25, -0.2) is 13.2 Å². The predicted octanol–water partition coefficient (Wildman–Crippen LogP) is 0.287. The molecule has 0 aliphatic heterocycles. The molecule has 0 heterocycles. The van der Waals surface area contributed by atoms with Crippen molar-refractivity contribution in [1.82, 2.24) is 0 Å². The van der Waals surface area contributed by atoms with Crippen molar-refractivity contribution < 1.29 is 28.0 Å². The highest BCUT2D eigenvalue weighted by atomic mass is 19.3. The number of ether oxygens (including phenoxy) is 1. The van der Waals surface area contributed by atoms with E-state index in [-0.39, 0.29) is 12.1 Å². The van der Waals surface area contributed by atoms with Gasteiger partial charge in [-0.1, -0.05) is 12.1 Å². The van der Waals surface area contributed by atoms with Crippen LogP contribution in [0.3, 0.4) is 0 Å². The summed E-state index contributed by atoms with van der Waals surface area (Å²) in [5, 5.41) is 17.6. The normalized spacial score (nSPS) is 10.9. The van der Waals surface area contributed by atoms with Crippen molar-refractivity contribution in [2.24, 2.45) is 0 Å². The zero-order valence-electron chi connectivity index (χ0n) is 8.24. The molecule has 0 aromatic heterocycles. The summed E-state index contributed by atoms with van der Waals surface area (Å²) in [7, 11) is -1.94. The minimum Gasteiger partial charge on any atom is -0.423 e. The van der Waals surface area contributed by atoms with Crippen molar-refractivity contribution in [3.8, 4) is 0 Å². The Kier molecular flexibility index (Phi) is 4.79. The first-order chi connectivity index (χ1) is 7.50. The van der Waals surface area contributed by atoms with Gasteiger partial charge in [0.1, 0.15) is 12.4 Å². The van der Waals surface area contributed by atoms with E-state index >= 15 is 0 Å². The molecule has 0 unspecified atom stereocenters. The third kappa shape index (κ3) is 3.84. The molecule has 88 valence electrons. The van der Waals surface area contributed by atoms with E-state index in [2.05, 4.69) is 4.74 Å². The van der Waals surface area contributed by atoms with Gasteiger partial charge in [0.25, 0.3) is 6.43 Å². The zero-order chi connectivity index (χ0) is 12.1. The van der Waals surface area contributed by atoms with Crippen molar-refractivity contribution in [3.63, 3.8) is 0 Å². The summed E-state index contributed by atoms with van der Waals surface area (Å²) >= 11 is 0. The van der Waals surface area contributed by atoms with Crippen molar-refractivity contribution in [2.75, 3.05) is 6.61 Å². The summed E-state index contributed by atoms with van der Waals surface area (Å²) in [6, 6.07) is 3.51. The first kappa shape index (κ1) is 13.0. The van der Waals surface area contributed by atoms with Gasteiger partial charge >= 0.3 is 7.12 Å². The van der Waals surface area contributed by atoms with Crippen LogP contribution >= 0.6 is 0 Å². The third-order valence-electron chi connectivity index (χ3n) is 1.85. The second kappa shape index (κ2) is 5.88. The Labute approximate surface area is 90.6 Å². The number of alkyl halides is 2. The first-order valence-corrected chi connectivity index (χ1v) is 4.51. The summed E-state index contributed by atoms with van der Waals surface area (Å²) in [6.07, 6.45) is -2.57. The molecule has 0 saturated heterocycles. The molecule has 0 aliphatic rings. The van der Waals surface area contributed by atoms with Crippen LogP contribution in [0.15, 0.2) is 18.2 Å². The Bertz CT molecular complexity index is 347. The molecule has 1 rings (SSSR count). The van der Waals surface area contributed by atoms with E-state index in [1.54, 1.807) is 0 Å². The van der Waals surface area contributed by atoms with Crippen molar-refractivity contribution in [3.05, 3.63) is 29.6 Å². The Hall–Kier alpha value is -1.05. The number of halogens is 3. The topological polar surface area (TPSA) is 49.7 Å². The average Bonchev–Trinajstić information content (AvgIpc) is 2.19. The molecular weight excluding hydrogens is 224 g/mol. The molecule has 1 aromatic rings. The lowest BCUT2D eigenvalue weighted by Gasteiger charge is -2.07. The van der Waals surface area contributed by atoms with Gasteiger partial charge in [0.15, 0.2) is 0 Å². The lowest BCUT2D eigenvalue weighted by molar-refractivity contribution is 0.00988. The standard InChI is InChI=1S/C9H10BF3O3/c11-8-2-1-6(3-7(8)10(14)15)4-16-5-9(12)13/h1-3,9,14-15H,4-5H2. The lowest BCUT2D eigenvalue weighted by Crippen LogP contribution is -2.33. The molecule has 3 nitrogen and oxygen atoms in total. The monoisotopic (exact) mass is 234 g/mol. The number of benzene rings is 1. The van der Waals surface area contributed by atoms with Crippen LogP contribution in [0.1, 0.15) is 5.56 Å². The van der Waals surface area contributed by atoms with Crippen LogP contribution in [-0.2, 0) is 11.3 Å². The number of hydrogen-bond donors (Lipinski definition) is 2. The first-order valence-electron chi connectivity index (χ1n) is 4.51. The van der Waals surface area contributed by atoms with Crippen molar-refractivity contribution in [2.45, 2.75) is 13.0 Å². The molecule has 0 atom stereocenters. The Balaban J connectivity index is 2.64. The van der Waals surface area contributed by atoms with E-state index < -0.39 is 26.0 Å². The van der Waals surface area contributed by atoms with E-state index in [1.165, 1.54) is 6.07 Å². The Morgan fingerprint density at radius 1 is 1.31 bits per heavy atom. The van der Waals surface area contributed by atoms with Gasteiger partial charge in [-0.3, -0.25) is 0 Å². The summed E-state index contributed by atoms with van der Waals surface area (Å²) in [6.45, 7) is -0.848. The van der Waals surface area contributed by atoms with Gasteiger partial charge in [0, 0.05) is 5.46 Å². The molecular formula is C9H10BF3O3. The highest BCUT2D eigenvalue weighted by Gasteiger charge is 2.16. The fourth-order valence-corrected chi connectivity index (χ4v) is 1.15. The molecule has 0 bridgehead atoms. The fourth-order valence-electron chi connectivity index (χ4n) is 1.15. The summed E-state index contributed by atoms with van der Waals surface area (Å²) in [5.74, 6) is -0.771. The van der Waals surface area contributed by atoms with Crippen LogP contribution < -0.4 is 5.46 Å². The van der Waals surface area contributed by atoms with Crippen molar-refractivity contribution >= 4 is 12.6 Å². The lowest BCUT2D eigenvalue weighted by atomic mass is 9.79. The SMILES string of the molecule is OB(O)c1cc(COCC(F)F)ccc1F. The van der Waals surface area contributed by atoms with E-state index in [9.17, 15) is 13.2 Å². The number of hydrogen-bond acceptors (Lipinski definition) is 3. The van der Waals surface area contributed by atoms with Gasteiger partial charge in [-0.15, -0.1) is 0 Å². The third-order valence-corrected chi connectivity index (χ3v) is 1.85.